The maximum Gasteiger partial charge on any atom is 0.185 e. The fourth-order valence-electron chi connectivity index (χ4n) is 1.29. The van der Waals surface area contributed by atoms with Gasteiger partial charge in [-0.05, 0) is 33.5 Å². The Morgan fingerprint density at radius 2 is 1.75 bits per heavy atom. The Labute approximate surface area is 99.6 Å². The molecule has 0 atom stereocenters. The van der Waals surface area contributed by atoms with Gasteiger partial charge >= 0.3 is 0 Å². The lowest BCUT2D eigenvalue weighted by Crippen LogP contribution is -2.40. The van der Waals surface area contributed by atoms with Crippen LogP contribution in [-0.2, 0) is 9.22 Å². The van der Waals surface area contributed by atoms with Crippen molar-refractivity contribution in [2.45, 2.75) is 52.9 Å². The first-order valence-corrected chi connectivity index (χ1v) is 9.01. The average Bonchev–Trinajstić information content (AvgIpc) is 1.98. The van der Waals surface area contributed by atoms with E-state index >= 15 is 0 Å². The summed E-state index contributed by atoms with van der Waals surface area (Å²) < 4.78 is 5.84. The molecule has 0 bridgehead atoms. The molecule has 0 saturated carbocycles. The monoisotopic (exact) mass is 244 g/mol. The lowest BCUT2D eigenvalue weighted by molar-refractivity contribution is -0.117. The highest BCUT2D eigenvalue weighted by atomic mass is 28.4. The van der Waals surface area contributed by atoms with Crippen LogP contribution in [0.3, 0.4) is 0 Å². The van der Waals surface area contributed by atoms with E-state index in [1.54, 1.807) is 27.7 Å². The highest BCUT2D eigenvalue weighted by Gasteiger charge is 2.31. The zero-order valence-electron chi connectivity index (χ0n) is 11.4. The van der Waals surface area contributed by atoms with E-state index in [1.165, 1.54) is 6.08 Å². The number of ketones is 1. The van der Waals surface area contributed by atoms with Gasteiger partial charge in [0.05, 0.1) is 0 Å². The third-order valence-electron chi connectivity index (χ3n) is 2.03. The molecule has 94 valence electrons. The molecule has 0 fully saturated rings. The van der Waals surface area contributed by atoms with Crippen molar-refractivity contribution in [1.82, 2.24) is 0 Å². The predicted octanol–water partition coefficient (Wildman–Crippen LogP) is 3.28. The molecule has 0 rings (SSSR count). The molecule has 4 heteroatoms. The second-order valence-electron chi connectivity index (χ2n) is 5.81. The molecule has 0 saturated heterocycles. The Morgan fingerprint density at radius 3 is 2.06 bits per heavy atom. The van der Waals surface area contributed by atoms with Gasteiger partial charge in [0.15, 0.2) is 14.1 Å². The minimum atomic E-state index is -1.75. The highest BCUT2D eigenvalue weighted by Crippen LogP contribution is 2.24. The second-order valence-corrected chi connectivity index (χ2v) is 10.2. The maximum atomic E-state index is 11.5. The molecule has 0 aromatic heterocycles. The Bertz CT molecular complexity index is 285. The van der Waals surface area contributed by atoms with Gasteiger partial charge in [-0.3, -0.25) is 4.79 Å². The van der Waals surface area contributed by atoms with Crippen LogP contribution in [0.4, 0.5) is 0 Å². The van der Waals surface area contributed by atoms with E-state index in [2.05, 4.69) is 0 Å². The number of aliphatic hydroxyl groups is 1. The van der Waals surface area contributed by atoms with Gasteiger partial charge in [-0.25, -0.2) is 0 Å². The van der Waals surface area contributed by atoms with Gasteiger partial charge in [0.1, 0.15) is 11.4 Å². The van der Waals surface area contributed by atoms with Crippen molar-refractivity contribution < 1.29 is 14.3 Å². The van der Waals surface area contributed by atoms with Crippen LogP contribution >= 0.6 is 0 Å². The Kier molecular flexibility index (Phi) is 4.95. The van der Waals surface area contributed by atoms with Gasteiger partial charge < -0.3 is 9.53 Å². The van der Waals surface area contributed by atoms with Crippen molar-refractivity contribution >= 4 is 14.1 Å². The van der Waals surface area contributed by atoms with Gasteiger partial charge in [-0.2, -0.15) is 0 Å². The molecule has 0 aliphatic heterocycles. The standard InChI is InChI=1S/C12H24O3Si/c1-9(2)10(13)8-11(14)12(3,4)15-16(5,6)7/h8-9,14H,1-7H3/b11-8-. The van der Waals surface area contributed by atoms with Crippen LogP contribution in [0.1, 0.15) is 27.7 Å². The van der Waals surface area contributed by atoms with Gasteiger partial charge in [0.25, 0.3) is 0 Å². The number of allylic oxidation sites excluding steroid dienone is 1. The van der Waals surface area contributed by atoms with E-state index in [0.717, 1.165) is 0 Å². The number of hydrogen-bond acceptors (Lipinski definition) is 3. The van der Waals surface area contributed by atoms with E-state index in [-0.39, 0.29) is 17.5 Å². The summed E-state index contributed by atoms with van der Waals surface area (Å²) in [5.74, 6) is -0.178. The zero-order valence-corrected chi connectivity index (χ0v) is 12.4. The molecule has 0 amide bonds. The number of rotatable bonds is 5. The molecule has 16 heavy (non-hydrogen) atoms. The summed E-state index contributed by atoms with van der Waals surface area (Å²) in [6.07, 6.45) is 1.28. The first-order valence-electron chi connectivity index (χ1n) is 5.61. The van der Waals surface area contributed by atoms with E-state index in [1.807, 2.05) is 19.6 Å². The lowest BCUT2D eigenvalue weighted by Gasteiger charge is -2.32. The molecular formula is C12H24O3Si. The van der Waals surface area contributed by atoms with Crippen molar-refractivity contribution in [3.05, 3.63) is 11.8 Å². The fraction of sp³-hybridized carbons (Fsp3) is 0.750. The SMILES string of the molecule is CC(C)C(=O)/C=C(\O)C(C)(C)O[Si](C)(C)C. The normalized spacial score (nSPS) is 14.4. The quantitative estimate of drug-likeness (QED) is 0.458. The molecule has 0 spiro atoms. The van der Waals surface area contributed by atoms with E-state index in [0.29, 0.717) is 0 Å². The zero-order chi connectivity index (χ0) is 13.1. The molecule has 0 aliphatic carbocycles. The smallest absolute Gasteiger partial charge is 0.185 e. The van der Waals surface area contributed by atoms with Gasteiger partial charge in [-0.15, -0.1) is 0 Å². The van der Waals surface area contributed by atoms with Crippen LogP contribution < -0.4 is 0 Å². The fourth-order valence-corrected chi connectivity index (χ4v) is 2.93. The Morgan fingerprint density at radius 1 is 1.31 bits per heavy atom. The average molecular weight is 244 g/mol. The highest BCUT2D eigenvalue weighted by molar-refractivity contribution is 6.69. The second kappa shape index (κ2) is 5.14. The topological polar surface area (TPSA) is 46.5 Å². The summed E-state index contributed by atoms with van der Waals surface area (Å²) in [5.41, 5.74) is -0.783. The van der Waals surface area contributed by atoms with Crippen LogP contribution in [0, 0.1) is 5.92 Å². The third-order valence-corrected chi connectivity index (χ3v) is 3.15. The summed E-state index contributed by atoms with van der Waals surface area (Å²) >= 11 is 0. The van der Waals surface area contributed by atoms with E-state index in [9.17, 15) is 9.90 Å². The minimum absolute atomic E-state index is 0.00799. The Balaban J connectivity index is 4.82. The molecule has 3 nitrogen and oxygen atoms in total. The lowest BCUT2D eigenvalue weighted by atomic mass is 10.0. The van der Waals surface area contributed by atoms with Crippen LogP contribution in [0.2, 0.25) is 19.6 Å². The van der Waals surface area contributed by atoms with Crippen molar-refractivity contribution in [3.63, 3.8) is 0 Å². The molecule has 0 aliphatic rings. The number of carbonyl (C=O) groups excluding carboxylic acids is 1. The number of aliphatic hydroxyl groups excluding tert-OH is 1. The first-order chi connectivity index (χ1) is 6.96. The van der Waals surface area contributed by atoms with Crippen molar-refractivity contribution in [2.75, 3.05) is 0 Å². The van der Waals surface area contributed by atoms with Gasteiger partial charge in [0.2, 0.25) is 0 Å². The first kappa shape index (κ1) is 15.4. The Hall–Kier alpha value is -0.613. The molecule has 0 aromatic rings. The number of hydrogen-bond donors (Lipinski definition) is 1. The molecular weight excluding hydrogens is 220 g/mol. The van der Waals surface area contributed by atoms with Gasteiger partial charge in [0, 0.05) is 12.0 Å². The van der Waals surface area contributed by atoms with E-state index in [4.69, 9.17) is 4.43 Å². The summed E-state index contributed by atoms with van der Waals surface area (Å²) in [5, 5.41) is 9.90. The maximum absolute atomic E-state index is 11.5. The summed E-state index contributed by atoms with van der Waals surface area (Å²) in [4.78, 5) is 11.5. The molecule has 1 N–H and O–H groups in total. The van der Waals surface area contributed by atoms with Crippen molar-refractivity contribution in [1.29, 1.82) is 0 Å². The molecule has 0 aromatic carbocycles. The van der Waals surface area contributed by atoms with E-state index < -0.39 is 13.9 Å². The number of carbonyl (C=O) groups is 1. The van der Waals surface area contributed by atoms with Crippen LogP contribution in [-0.4, -0.2) is 24.8 Å². The predicted molar refractivity (Wildman–Crippen MR) is 69.1 cm³/mol. The van der Waals surface area contributed by atoms with Crippen LogP contribution in [0.5, 0.6) is 0 Å². The van der Waals surface area contributed by atoms with Crippen molar-refractivity contribution in [2.24, 2.45) is 5.92 Å². The minimum Gasteiger partial charge on any atom is -0.509 e. The molecule has 0 unspecified atom stereocenters. The van der Waals surface area contributed by atoms with Gasteiger partial charge in [-0.1, -0.05) is 13.8 Å². The molecule has 0 radical (unpaired) electrons. The van der Waals surface area contributed by atoms with Crippen LogP contribution in [0.25, 0.3) is 0 Å². The summed E-state index contributed by atoms with van der Waals surface area (Å²) in [6.45, 7) is 13.3. The largest absolute Gasteiger partial charge is 0.509 e. The third kappa shape index (κ3) is 5.46. The summed E-state index contributed by atoms with van der Waals surface area (Å²) in [7, 11) is -1.75. The summed E-state index contributed by atoms with van der Waals surface area (Å²) in [6, 6.07) is 0. The van der Waals surface area contributed by atoms with Crippen LogP contribution in [0.15, 0.2) is 11.8 Å². The molecule has 0 heterocycles. The van der Waals surface area contributed by atoms with Crippen molar-refractivity contribution in [3.8, 4) is 0 Å².